The third-order valence-electron chi connectivity index (χ3n) is 5.66. The van der Waals surface area contributed by atoms with Gasteiger partial charge in [0.25, 0.3) is 10.1 Å². The highest BCUT2D eigenvalue weighted by molar-refractivity contribution is 7.88. The summed E-state index contributed by atoms with van der Waals surface area (Å²) < 4.78 is 31.0. The van der Waals surface area contributed by atoms with Crippen molar-refractivity contribution in [2.45, 2.75) is 103 Å². The van der Waals surface area contributed by atoms with Crippen molar-refractivity contribution in [3.05, 3.63) is 0 Å². The van der Waals surface area contributed by atoms with Gasteiger partial charge in [0.1, 0.15) is 5.41 Å². The second kappa shape index (κ2) is 11.6. The van der Waals surface area contributed by atoms with Crippen molar-refractivity contribution >= 4 is 22.1 Å². The molecule has 0 radical (unpaired) electrons. The fourth-order valence-electron chi connectivity index (χ4n) is 3.64. The summed E-state index contributed by atoms with van der Waals surface area (Å²) in [7, 11) is -5.14. The Hall–Kier alpha value is -1.15. The fourth-order valence-corrected chi connectivity index (χ4v) is 4.65. The quantitative estimate of drug-likeness (QED) is 0.253. The van der Waals surface area contributed by atoms with Gasteiger partial charge < -0.3 is 10.2 Å². The van der Waals surface area contributed by atoms with Gasteiger partial charge in [-0.05, 0) is 19.8 Å². The van der Waals surface area contributed by atoms with Crippen molar-refractivity contribution in [2.24, 2.45) is 5.41 Å². The highest BCUT2D eigenvalue weighted by Crippen LogP contribution is 2.46. The minimum Gasteiger partial charge on any atom is -0.481 e. The van der Waals surface area contributed by atoms with Crippen molar-refractivity contribution in [3.8, 4) is 0 Å². The van der Waals surface area contributed by atoms with Crippen molar-refractivity contribution in [2.75, 3.05) is 0 Å². The Morgan fingerprint density at radius 1 is 0.741 bits per heavy atom. The summed E-state index contributed by atoms with van der Waals surface area (Å²) in [6, 6.07) is 0. The summed E-state index contributed by atoms with van der Waals surface area (Å²) >= 11 is 0. The van der Waals surface area contributed by atoms with Crippen LogP contribution in [-0.2, 0) is 19.7 Å². The number of unbranched alkanes of at least 4 members (excludes halogenated alkanes) is 8. The number of carboxylic acid groups (broad SMARTS) is 2. The maximum absolute atomic E-state index is 12.2. The Balaban J connectivity index is 5.76. The highest BCUT2D eigenvalue weighted by Gasteiger charge is 2.65. The number of aliphatic carboxylic acids is 2. The molecule has 1 unspecified atom stereocenters. The molecule has 0 aliphatic heterocycles. The summed E-state index contributed by atoms with van der Waals surface area (Å²) in [6.07, 6.45) is 7.70. The predicted molar refractivity (Wildman–Crippen MR) is 104 cm³/mol. The lowest BCUT2D eigenvalue weighted by Gasteiger charge is -2.40. The van der Waals surface area contributed by atoms with Crippen LogP contribution in [0.2, 0.25) is 0 Å². The van der Waals surface area contributed by atoms with E-state index in [2.05, 4.69) is 0 Å². The lowest BCUT2D eigenvalue weighted by atomic mass is 9.68. The average molecular weight is 409 g/mol. The van der Waals surface area contributed by atoms with Crippen molar-refractivity contribution < 1.29 is 32.8 Å². The Bertz CT molecular complexity index is 557. The van der Waals surface area contributed by atoms with Crippen LogP contribution >= 0.6 is 0 Å². The molecule has 0 saturated heterocycles. The number of carbonyl (C=O) groups is 2. The molecular weight excluding hydrogens is 372 g/mol. The monoisotopic (exact) mass is 408 g/mol. The molecule has 3 N–H and O–H groups in total. The van der Waals surface area contributed by atoms with Gasteiger partial charge in [-0.2, -0.15) is 8.42 Å². The minimum absolute atomic E-state index is 0.0948. The molecule has 0 aromatic rings. The summed E-state index contributed by atoms with van der Waals surface area (Å²) in [4.78, 5) is 24.1. The second-order valence-electron chi connectivity index (χ2n) is 7.53. The SMILES string of the molecule is CCCCCCCC(CCCCCCC)(C(=O)O)C(C)(C(=O)O)S(=O)(=O)O. The predicted octanol–water partition coefficient (Wildman–Crippen LogP) is 4.51. The zero-order valence-electron chi connectivity index (χ0n) is 16.9. The minimum atomic E-state index is -5.14. The molecule has 1 atom stereocenters. The highest BCUT2D eigenvalue weighted by atomic mass is 32.2. The lowest BCUT2D eigenvalue weighted by molar-refractivity contribution is -0.161. The topological polar surface area (TPSA) is 129 Å². The van der Waals surface area contributed by atoms with E-state index in [1.807, 2.05) is 13.8 Å². The first kappa shape index (κ1) is 25.9. The first-order valence-corrected chi connectivity index (χ1v) is 11.4. The Morgan fingerprint density at radius 3 is 1.37 bits per heavy atom. The van der Waals surface area contributed by atoms with E-state index in [1.165, 1.54) is 0 Å². The second-order valence-corrected chi connectivity index (χ2v) is 9.30. The summed E-state index contributed by atoms with van der Waals surface area (Å²) in [5.41, 5.74) is -2.06. The summed E-state index contributed by atoms with van der Waals surface area (Å²) in [5.74, 6) is -3.30. The molecule has 0 heterocycles. The van der Waals surface area contributed by atoms with E-state index in [9.17, 15) is 32.8 Å². The lowest BCUT2D eigenvalue weighted by Crippen LogP contribution is -2.60. The van der Waals surface area contributed by atoms with Crippen molar-refractivity contribution in [3.63, 3.8) is 0 Å². The number of rotatable bonds is 16. The van der Waals surface area contributed by atoms with Crippen LogP contribution < -0.4 is 0 Å². The summed E-state index contributed by atoms with van der Waals surface area (Å²) in [5, 5.41) is 19.6. The third-order valence-corrected chi connectivity index (χ3v) is 7.26. The van der Waals surface area contributed by atoms with Gasteiger partial charge in [-0.15, -0.1) is 0 Å². The fraction of sp³-hybridized carbons (Fsp3) is 0.895. The van der Waals surface area contributed by atoms with Crippen LogP contribution in [0.4, 0.5) is 0 Å². The molecule has 0 aromatic carbocycles. The molecule has 0 aromatic heterocycles. The maximum Gasteiger partial charge on any atom is 0.328 e. The van der Waals surface area contributed by atoms with Gasteiger partial charge in [-0.3, -0.25) is 14.1 Å². The normalized spacial score (nSPS) is 14.7. The first-order chi connectivity index (χ1) is 12.5. The van der Waals surface area contributed by atoms with E-state index in [1.54, 1.807) is 0 Å². The molecule has 0 rings (SSSR count). The molecule has 0 aliphatic rings. The number of hydrogen-bond acceptors (Lipinski definition) is 4. The van der Waals surface area contributed by atoms with E-state index in [0.29, 0.717) is 25.7 Å². The Morgan fingerprint density at radius 2 is 1.11 bits per heavy atom. The summed E-state index contributed by atoms with van der Waals surface area (Å²) in [6.45, 7) is 4.91. The molecule has 0 bridgehead atoms. The number of hydrogen-bond donors (Lipinski definition) is 3. The van der Waals surface area contributed by atoms with Gasteiger partial charge >= 0.3 is 11.9 Å². The van der Waals surface area contributed by atoms with Gasteiger partial charge in [-0.1, -0.05) is 78.1 Å². The molecule has 0 fully saturated rings. The maximum atomic E-state index is 12.2. The van der Waals surface area contributed by atoms with E-state index >= 15 is 0 Å². The van der Waals surface area contributed by atoms with Crippen LogP contribution in [-0.4, -0.2) is 39.9 Å². The van der Waals surface area contributed by atoms with E-state index in [-0.39, 0.29) is 12.8 Å². The number of carboxylic acids is 2. The van der Waals surface area contributed by atoms with Crippen LogP contribution in [0.15, 0.2) is 0 Å². The Kier molecular flexibility index (Phi) is 11.1. The largest absolute Gasteiger partial charge is 0.481 e. The smallest absolute Gasteiger partial charge is 0.328 e. The van der Waals surface area contributed by atoms with Crippen LogP contribution in [0.3, 0.4) is 0 Å². The zero-order chi connectivity index (χ0) is 21.1. The Labute approximate surface area is 163 Å². The first-order valence-electron chi connectivity index (χ1n) is 9.95. The van der Waals surface area contributed by atoms with Crippen LogP contribution in [0.25, 0.3) is 0 Å². The van der Waals surface area contributed by atoms with E-state index in [0.717, 1.165) is 45.4 Å². The van der Waals surface area contributed by atoms with Gasteiger partial charge in [0, 0.05) is 0 Å². The van der Waals surface area contributed by atoms with Gasteiger partial charge in [0.15, 0.2) is 0 Å². The molecule has 8 heteroatoms. The van der Waals surface area contributed by atoms with Gasteiger partial charge in [0.05, 0.1) is 0 Å². The molecule has 27 heavy (non-hydrogen) atoms. The molecule has 0 spiro atoms. The third kappa shape index (κ3) is 6.45. The standard InChI is InChI=1S/C19H36O7S/c1-4-6-8-10-12-14-19(17(22)23,15-13-11-9-7-5-2)18(3,16(20)21)27(24,25)26/h4-15H2,1-3H3,(H,20,21)(H,22,23)(H,24,25,26). The van der Waals surface area contributed by atoms with E-state index < -0.39 is 32.2 Å². The molecule has 0 aliphatic carbocycles. The molecule has 0 amide bonds. The van der Waals surface area contributed by atoms with E-state index in [4.69, 9.17) is 0 Å². The molecule has 160 valence electrons. The molecule has 0 saturated carbocycles. The van der Waals surface area contributed by atoms with Crippen molar-refractivity contribution in [1.82, 2.24) is 0 Å². The van der Waals surface area contributed by atoms with Crippen LogP contribution in [0, 0.1) is 5.41 Å². The van der Waals surface area contributed by atoms with Crippen LogP contribution in [0.5, 0.6) is 0 Å². The van der Waals surface area contributed by atoms with Crippen LogP contribution in [0.1, 0.15) is 97.8 Å². The zero-order valence-corrected chi connectivity index (χ0v) is 17.7. The molecule has 7 nitrogen and oxygen atoms in total. The van der Waals surface area contributed by atoms with Crippen molar-refractivity contribution in [1.29, 1.82) is 0 Å². The van der Waals surface area contributed by atoms with Gasteiger partial charge in [-0.25, -0.2) is 0 Å². The molecular formula is C19H36O7S. The average Bonchev–Trinajstić information content (AvgIpc) is 2.57. The van der Waals surface area contributed by atoms with Gasteiger partial charge in [0.2, 0.25) is 4.75 Å².